The molecule has 1 aromatic heterocycles. The van der Waals surface area contributed by atoms with E-state index in [1.165, 1.54) is 0 Å². The monoisotopic (exact) mass is 214 g/mol. The molecular formula is C10H18N2O3. The predicted octanol–water partition coefficient (Wildman–Crippen LogP) is 0.962. The SMILES string of the molecule is CCOCCc1noc(CCC(C)O)n1. The first-order valence-electron chi connectivity index (χ1n) is 5.29. The summed E-state index contributed by atoms with van der Waals surface area (Å²) in [5.41, 5.74) is 0. The third-order valence-electron chi connectivity index (χ3n) is 1.96. The van der Waals surface area contributed by atoms with Crippen molar-refractivity contribution in [2.24, 2.45) is 0 Å². The van der Waals surface area contributed by atoms with E-state index in [0.717, 1.165) is 0 Å². The van der Waals surface area contributed by atoms with Gasteiger partial charge in [0.2, 0.25) is 5.89 Å². The van der Waals surface area contributed by atoms with Gasteiger partial charge in [0, 0.05) is 19.4 Å². The molecule has 0 radical (unpaired) electrons. The maximum Gasteiger partial charge on any atom is 0.226 e. The molecular weight excluding hydrogens is 196 g/mol. The maximum absolute atomic E-state index is 9.08. The highest BCUT2D eigenvalue weighted by atomic mass is 16.5. The molecule has 15 heavy (non-hydrogen) atoms. The lowest BCUT2D eigenvalue weighted by atomic mass is 10.2. The zero-order valence-electron chi connectivity index (χ0n) is 9.27. The summed E-state index contributed by atoms with van der Waals surface area (Å²) < 4.78 is 10.2. The second-order valence-corrected chi connectivity index (χ2v) is 3.44. The smallest absolute Gasteiger partial charge is 0.226 e. The van der Waals surface area contributed by atoms with Crippen molar-refractivity contribution in [1.82, 2.24) is 10.1 Å². The van der Waals surface area contributed by atoms with Crippen LogP contribution in [0.2, 0.25) is 0 Å². The number of aliphatic hydroxyl groups is 1. The fraction of sp³-hybridized carbons (Fsp3) is 0.800. The minimum Gasteiger partial charge on any atom is -0.393 e. The van der Waals surface area contributed by atoms with E-state index in [9.17, 15) is 0 Å². The number of aromatic nitrogens is 2. The van der Waals surface area contributed by atoms with Gasteiger partial charge < -0.3 is 14.4 Å². The van der Waals surface area contributed by atoms with E-state index in [-0.39, 0.29) is 6.10 Å². The topological polar surface area (TPSA) is 68.4 Å². The molecule has 0 saturated heterocycles. The molecule has 1 rings (SSSR count). The maximum atomic E-state index is 9.08. The van der Waals surface area contributed by atoms with Crippen LogP contribution in [0, 0.1) is 0 Å². The Bertz CT molecular complexity index is 273. The second-order valence-electron chi connectivity index (χ2n) is 3.44. The zero-order valence-corrected chi connectivity index (χ0v) is 9.27. The Labute approximate surface area is 89.4 Å². The average Bonchev–Trinajstić information content (AvgIpc) is 2.63. The Balaban J connectivity index is 2.29. The Morgan fingerprint density at radius 2 is 2.27 bits per heavy atom. The van der Waals surface area contributed by atoms with E-state index in [0.29, 0.717) is 44.2 Å². The molecule has 1 heterocycles. The average molecular weight is 214 g/mol. The first-order chi connectivity index (χ1) is 7.22. The largest absolute Gasteiger partial charge is 0.393 e. The van der Waals surface area contributed by atoms with Gasteiger partial charge in [0.15, 0.2) is 5.82 Å². The summed E-state index contributed by atoms with van der Waals surface area (Å²) in [6.07, 6.45) is 1.61. The second kappa shape index (κ2) is 6.53. The van der Waals surface area contributed by atoms with Gasteiger partial charge in [-0.1, -0.05) is 5.16 Å². The Morgan fingerprint density at radius 1 is 1.47 bits per heavy atom. The Morgan fingerprint density at radius 3 is 2.93 bits per heavy atom. The van der Waals surface area contributed by atoms with Crippen molar-refractivity contribution in [3.63, 3.8) is 0 Å². The summed E-state index contributed by atoms with van der Waals surface area (Å²) in [5, 5.41) is 12.9. The van der Waals surface area contributed by atoms with Gasteiger partial charge in [0.25, 0.3) is 0 Å². The van der Waals surface area contributed by atoms with Gasteiger partial charge in [0.05, 0.1) is 12.7 Å². The molecule has 0 amide bonds. The van der Waals surface area contributed by atoms with E-state index in [2.05, 4.69) is 10.1 Å². The zero-order chi connectivity index (χ0) is 11.1. The molecule has 0 fully saturated rings. The lowest BCUT2D eigenvalue weighted by Gasteiger charge is -1.98. The van der Waals surface area contributed by atoms with E-state index in [1.807, 2.05) is 6.92 Å². The van der Waals surface area contributed by atoms with Crippen LogP contribution in [0.15, 0.2) is 4.52 Å². The Hall–Kier alpha value is -0.940. The molecule has 0 spiro atoms. The van der Waals surface area contributed by atoms with Gasteiger partial charge in [-0.3, -0.25) is 0 Å². The van der Waals surface area contributed by atoms with E-state index >= 15 is 0 Å². The van der Waals surface area contributed by atoms with E-state index < -0.39 is 0 Å². The van der Waals surface area contributed by atoms with Crippen molar-refractivity contribution < 1.29 is 14.4 Å². The molecule has 1 N–H and O–H groups in total. The van der Waals surface area contributed by atoms with Crippen molar-refractivity contribution >= 4 is 0 Å². The quantitative estimate of drug-likeness (QED) is 0.685. The molecule has 1 atom stereocenters. The van der Waals surface area contributed by atoms with Crippen molar-refractivity contribution in [2.45, 2.75) is 39.2 Å². The summed E-state index contributed by atoms with van der Waals surface area (Å²) in [4.78, 5) is 4.19. The fourth-order valence-electron chi connectivity index (χ4n) is 1.13. The van der Waals surface area contributed by atoms with E-state index in [1.54, 1.807) is 6.92 Å². The molecule has 0 aliphatic heterocycles. The van der Waals surface area contributed by atoms with Crippen molar-refractivity contribution in [2.75, 3.05) is 13.2 Å². The van der Waals surface area contributed by atoms with Gasteiger partial charge in [-0.25, -0.2) is 0 Å². The number of nitrogens with zero attached hydrogens (tertiary/aromatic N) is 2. The van der Waals surface area contributed by atoms with Crippen molar-refractivity contribution in [3.8, 4) is 0 Å². The lowest BCUT2D eigenvalue weighted by molar-refractivity contribution is 0.149. The summed E-state index contributed by atoms with van der Waals surface area (Å²) in [5.74, 6) is 1.26. The number of rotatable bonds is 7. The van der Waals surface area contributed by atoms with Gasteiger partial charge in [0.1, 0.15) is 0 Å². The number of hydrogen-bond acceptors (Lipinski definition) is 5. The van der Waals surface area contributed by atoms with Gasteiger partial charge in [-0.2, -0.15) is 4.98 Å². The van der Waals surface area contributed by atoms with Crippen LogP contribution in [0.5, 0.6) is 0 Å². The summed E-state index contributed by atoms with van der Waals surface area (Å²) in [6, 6.07) is 0. The number of ether oxygens (including phenoxy) is 1. The van der Waals surface area contributed by atoms with Crippen LogP contribution in [0.1, 0.15) is 32.0 Å². The fourth-order valence-corrected chi connectivity index (χ4v) is 1.13. The molecule has 0 saturated carbocycles. The third-order valence-corrected chi connectivity index (χ3v) is 1.96. The Kier molecular flexibility index (Phi) is 5.28. The number of aryl methyl sites for hydroxylation is 1. The first kappa shape index (κ1) is 12.1. The van der Waals surface area contributed by atoms with Crippen LogP contribution in [0.4, 0.5) is 0 Å². The van der Waals surface area contributed by atoms with Gasteiger partial charge in [-0.05, 0) is 20.3 Å². The summed E-state index contributed by atoms with van der Waals surface area (Å²) in [7, 11) is 0. The molecule has 0 aliphatic rings. The number of hydrogen-bond donors (Lipinski definition) is 1. The lowest BCUT2D eigenvalue weighted by Crippen LogP contribution is -2.02. The van der Waals surface area contributed by atoms with Crippen LogP contribution in [-0.4, -0.2) is 34.6 Å². The standard InChI is InChI=1S/C10H18N2O3/c1-3-14-7-6-9-11-10(15-12-9)5-4-8(2)13/h8,13H,3-7H2,1-2H3. The molecule has 0 aliphatic carbocycles. The molecule has 0 aromatic carbocycles. The minimum absolute atomic E-state index is 0.330. The van der Waals surface area contributed by atoms with E-state index in [4.69, 9.17) is 14.4 Å². The highest BCUT2D eigenvalue weighted by Gasteiger charge is 2.07. The molecule has 86 valence electrons. The normalized spacial score (nSPS) is 13.0. The van der Waals surface area contributed by atoms with Crippen LogP contribution in [0.3, 0.4) is 0 Å². The van der Waals surface area contributed by atoms with Crippen LogP contribution < -0.4 is 0 Å². The first-order valence-corrected chi connectivity index (χ1v) is 5.29. The van der Waals surface area contributed by atoms with Crippen molar-refractivity contribution in [3.05, 3.63) is 11.7 Å². The molecule has 5 nitrogen and oxygen atoms in total. The molecule has 1 unspecified atom stereocenters. The van der Waals surface area contributed by atoms with Crippen LogP contribution >= 0.6 is 0 Å². The number of aliphatic hydroxyl groups excluding tert-OH is 1. The van der Waals surface area contributed by atoms with Crippen LogP contribution in [0.25, 0.3) is 0 Å². The van der Waals surface area contributed by atoms with Gasteiger partial charge >= 0.3 is 0 Å². The molecule has 0 bridgehead atoms. The van der Waals surface area contributed by atoms with Gasteiger partial charge in [-0.15, -0.1) is 0 Å². The van der Waals surface area contributed by atoms with Crippen molar-refractivity contribution in [1.29, 1.82) is 0 Å². The third kappa shape index (κ3) is 4.90. The summed E-state index contributed by atoms with van der Waals surface area (Å²) in [6.45, 7) is 5.01. The highest BCUT2D eigenvalue weighted by Crippen LogP contribution is 2.03. The molecule has 5 heteroatoms. The minimum atomic E-state index is -0.330. The predicted molar refractivity (Wildman–Crippen MR) is 54.5 cm³/mol. The molecule has 1 aromatic rings. The highest BCUT2D eigenvalue weighted by molar-refractivity contribution is 4.86. The summed E-state index contributed by atoms with van der Waals surface area (Å²) >= 11 is 0. The van der Waals surface area contributed by atoms with Crippen LogP contribution in [-0.2, 0) is 17.6 Å².